The highest BCUT2D eigenvalue weighted by atomic mass is 79.9. The van der Waals surface area contributed by atoms with Crippen molar-refractivity contribution in [1.82, 2.24) is 20.1 Å². The van der Waals surface area contributed by atoms with Gasteiger partial charge in [-0.25, -0.2) is 14.2 Å². The molecule has 1 aliphatic heterocycles. The monoisotopic (exact) mass is 615 g/mol. The Morgan fingerprint density at radius 1 is 1.33 bits per heavy atom. The fraction of sp³-hybridized carbons (Fsp3) is 0.370. The van der Waals surface area contributed by atoms with Crippen LogP contribution in [-0.2, 0) is 38.4 Å². The lowest BCUT2D eigenvalue weighted by molar-refractivity contribution is -0.141. The van der Waals surface area contributed by atoms with Crippen LogP contribution >= 0.6 is 27.3 Å². The molecule has 0 amide bonds. The van der Waals surface area contributed by atoms with Crippen molar-refractivity contribution in [3.05, 3.63) is 79.4 Å². The molecule has 3 heterocycles. The quantitative estimate of drug-likeness (QED) is 0.371. The van der Waals surface area contributed by atoms with Gasteiger partial charge in [-0.3, -0.25) is 14.5 Å². The number of nitrogens with one attached hydrogen (secondary N) is 1. The van der Waals surface area contributed by atoms with E-state index in [0.29, 0.717) is 45.8 Å². The number of aryl methyl sites for hydroxylation is 2. The molecule has 2 unspecified atom stereocenters. The second-order valence-corrected chi connectivity index (χ2v) is 10.9. The van der Waals surface area contributed by atoms with Crippen molar-refractivity contribution in [3.8, 4) is 0 Å². The zero-order valence-electron chi connectivity index (χ0n) is 21.4. The normalized spacial score (nSPS) is 18.7. The summed E-state index contributed by atoms with van der Waals surface area (Å²) >= 11 is 4.91. The van der Waals surface area contributed by atoms with Gasteiger partial charge in [-0.1, -0.05) is 22.0 Å². The third-order valence-electron chi connectivity index (χ3n) is 6.76. The summed E-state index contributed by atoms with van der Waals surface area (Å²) in [5, 5.41) is 10.6. The number of rotatable bonds is 8. The maximum absolute atomic E-state index is 14.0. The average molecular weight is 617 g/mol. The van der Waals surface area contributed by atoms with E-state index in [1.165, 1.54) is 30.6 Å². The lowest BCUT2D eigenvalue weighted by Crippen LogP contribution is -2.38. The van der Waals surface area contributed by atoms with Crippen LogP contribution in [0.4, 0.5) is 4.39 Å². The minimum atomic E-state index is -0.724. The number of esters is 2. The molecule has 0 fully saturated rings. The van der Waals surface area contributed by atoms with Crippen LogP contribution in [0.2, 0.25) is 0 Å². The first-order valence-electron chi connectivity index (χ1n) is 12.6. The SMILES string of the molecule is CCOC(=O)C1=C(C2CCc3nn(CCC(=O)OC)cc3C2)NC(c2nccs2)=NC1c1ccc(F)cc1Br. The number of aromatic nitrogens is 3. The first-order valence-corrected chi connectivity index (χ1v) is 14.3. The zero-order valence-corrected chi connectivity index (χ0v) is 23.8. The van der Waals surface area contributed by atoms with Crippen LogP contribution in [-0.4, -0.2) is 46.3 Å². The molecule has 1 N–H and O–H groups in total. The largest absolute Gasteiger partial charge is 0.469 e. The van der Waals surface area contributed by atoms with Crippen LogP contribution in [0.5, 0.6) is 0 Å². The molecule has 3 aromatic rings. The Balaban J connectivity index is 1.55. The first-order chi connectivity index (χ1) is 18.9. The molecule has 0 bridgehead atoms. The molecule has 204 valence electrons. The Morgan fingerprint density at radius 2 is 2.18 bits per heavy atom. The van der Waals surface area contributed by atoms with E-state index in [1.807, 2.05) is 11.6 Å². The fourth-order valence-electron chi connectivity index (χ4n) is 4.95. The highest BCUT2D eigenvalue weighted by molar-refractivity contribution is 9.10. The van der Waals surface area contributed by atoms with E-state index in [2.05, 4.69) is 31.3 Å². The molecule has 2 aromatic heterocycles. The van der Waals surface area contributed by atoms with Gasteiger partial charge in [0, 0.05) is 33.9 Å². The van der Waals surface area contributed by atoms with Crippen LogP contribution in [0.25, 0.3) is 0 Å². The minimum absolute atomic E-state index is 0.0534. The average Bonchev–Trinajstić information content (AvgIpc) is 3.61. The van der Waals surface area contributed by atoms with E-state index < -0.39 is 17.8 Å². The number of allylic oxidation sites excluding steroid dienone is 1. The number of methoxy groups -OCH3 is 1. The number of nitrogens with zero attached hydrogens (tertiary/aromatic N) is 4. The van der Waals surface area contributed by atoms with Gasteiger partial charge in [-0.2, -0.15) is 5.10 Å². The maximum Gasteiger partial charge on any atom is 0.338 e. The second kappa shape index (κ2) is 11.8. The molecule has 1 aliphatic carbocycles. The van der Waals surface area contributed by atoms with Gasteiger partial charge in [0.15, 0.2) is 10.8 Å². The van der Waals surface area contributed by atoms with Crippen LogP contribution in [0.3, 0.4) is 0 Å². The van der Waals surface area contributed by atoms with Crippen molar-refractivity contribution in [3.63, 3.8) is 0 Å². The third-order valence-corrected chi connectivity index (χ3v) is 8.23. The van der Waals surface area contributed by atoms with E-state index in [4.69, 9.17) is 14.5 Å². The van der Waals surface area contributed by atoms with Gasteiger partial charge in [0.05, 0.1) is 37.9 Å². The van der Waals surface area contributed by atoms with Gasteiger partial charge < -0.3 is 14.8 Å². The number of thiazole rings is 1. The molecule has 2 atom stereocenters. The summed E-state index contributed by atoms with van der Waals surface area (Å²) in [5.41, 5.74) is 3.82. The first kappa shape index (κ1) is 27.2. The van der Waals surface area contributed by atoms with E-state index in [0.717, 1.165) is 23.4 Å². The highest BCUT2D eigenvalue weighted by Crippen LogP contribution is 2.41. The summed E-state index contributed by atoms with van der Waals surface area (Å²) in [6, 6.07) is 3.64. The van der Waals surface area contributed by atoms with Gasteiger partial charge in [0.1, 0.15) is 11.9 Å². The van der Waals surface area contributed by atoms with Gasteiger partial charge in [-0.05, 0) is 49.4 Å². The number of halogens is 2. The van der Waals surface area contributed by atoms with Crippen molar-refractivity contribution in [2.75, 3.05) is 13.7 Å². The van der Waals surface area contributed by atoms with Crippen molar-refractivity contribution in [1.29, 1.82) is 0 Å². The number of amidine groups is 1. The molecule has 2 aliphatic rings. The maximum atomic E-state index is 14.0. The smallest absolute Gasteiger partial charge is 0.338 e. The fourth-order valence-corrected chi connectivity index (χ4v) is 6.10. The van der Waals surface area contributed by atoms with Gasteiger partial charge in [0.25, 0.3) is 0 Å². The molecule has 0 saturated carbocycles. The summed E-state index contributed by atoms with van der Waals surface area (Å²) in [7, 11) is 1.37. The van der Waals surface area contributed by atoms with E-state index >= 15 is 0 Å². The lowest BCUT2D eigenvalue weighted by Gasteiger charge is -2.33. The van der Waals surface area contributed by atoms with Gasteiger partial charge in [-0.15, -0.1) is 11.3 Å². The molecule has 0 radical (unpaired) electrons. The van der Waals surface area contributed by atoms with E-state index in [-0.39, 0.29) is 24.9 Å². The number of aliphatic imine (C=N–C) groups is 1. The topological polar surface area (TPSA) is 108 Å². The number of benzene rings is 1. The number of carbonyl (C=O) groups excluding carboxylic acids is 2. The molecule has 12 heteroatoms. The summed E-state index contributed by atoms with van der Waals surface area (Å²) in [6.07, 6.45) is 5.99. The molecule has 39 heavy (non-hydrogen) atoms. The summed E-state index contributed by atoms with van der Waals surface area (Å²) in [6.45, 7) is 2.40. The summed E-state index contributed by atoms with van der Waals surface area (Å²) in [4.78, 5) is 34.4. The molecular weight excluding hydrogens is 589 g/mol. The van der Waals surface area contributed by atoms with Crippen molar-refractivity contribution >= 4 is 45.0 Å². The zero-order chi connectivity index (χ0) is 27.5. The Kier molecular flexibility index (Phi) is 8.22. The standard InChI is InChI=1S/C27H27BrFN5O4S/c1-3-38-27(36)22-23(15-4-7-20-16(12-15)14-34(33-20)10-8-21(35)37-2)31-25(26-30-9-11-39-26)32-24(22)18-6-5-17(29)13-19(18)28/h5-6,9,11,13-15,24H,3-4,7-8,10,12H2,1-2H3,(H,31,32). The van der Waals surface area contributed by atoms with Crippen LogP contribution in [0, 0.1) is 11.7 Å². The van der Waals surface area contributed by atoms with Crippen LogP contribution < -0.4 is 5.32 Å². The Morgan fingerprint density at radius 3 is 2.90 bits per heavy atom. The highest BCUT2D eigenvalue weighted by Gasteiger charge is 2.38. The third kappa shape index (κ3) is 5.81. The summed E-state index contributed by atoms with van der Waals surface area (Å²) < 4.78 is 26.5. The number of ether oxygens (including phenoxy) is 2. The lowest BCUT2D eigenvalue weighted by atomic mass is 9.81. The summed E-state index contributed by atoms with van der Waals surface area (Å²) in [5.74, 6) is -0.655. The predicted octanol–water partition coefficient (Wildman–Crippen LogP) is 4.52. The number of hydrogen-bond donors (Lipinski definition) is 1. The Bertz CT molecular complexity index is 1450. The van der Waals surface area contributed by atoms with Crippen molar-refractivity contribution in [2.24, 2.45) is 10.9 Å². The molecule has 0 spiro atoms. The Hall–Kier alpha value is -3.38. The number of hydrogen-bond acceptors (Lipinski definition) is 9. The van der Waals surface area contributed by atoms with Crippen molar-refractivity contribution in [2.45, 2.75) is 45.2 Å². The van der Waals surface area contributed by atoms with Gasteiger partial charge >= 0.3 is 11.9 Å². The minimum Gasteiger partial charge on any atom is -0.469 e. The number of fused-ring (bicyclic) bond motifs is 1. The predicted molar refractivity (Wildman–Crippen MR) is 147 cm³/mol. The van der Waals surface area contributed by atoms with Crippen molar-refractivity contribution < 1.29 is 23.5 Å². The van der Waals surface area contributed by atoms with Crippen LogP contribution in [0.1, 0.15) is 47.6 Å². The second-order valence-electron chi connectivity index (χ2n) is 9.19. The van der Waals surface area contributed by atoms with Crippen LogP contribution in [0.15, 0.2) is 56.7 Å². The molecular formula is C27H27BrFN5O4S. The van der Waals surface area contributed by atoms with Gasteiger partial charge in [0.2, 0.25) is 0 Å². The number of carbonyl (C=O) groups is 2. The van der Waals surface area contributed by atoms with E-state index in [1.54, 1.807) is 23.9 Å². The molecule has 1 aromatic carbocycles. The molecule has 0 saturated heterocycles. The molecule has 5 rings (SSSR count). The Labute approximate surface area is 237 Å². The molecule has 9 nitrogen and oxygen atoms in total. The van der Waals surface area contributed by atoms with E-state index in [9.17, 15) is 14.0 Å².